The summed E-state index contributed by atoms with van der Waals surface area (Å²) in [4.78, 5) is 2.58. The summed E-state index contributed by atoms with van der Waals surface area (Å²) in [5.41, 5.74) is 0. The molecule has 0 aromatic carbocycles. The first kappa shape index (κ1) is 12.0. The summed E-state index contributed by atoms with van der Waals surface area (Å²) in [6.45, 7) is 11.7. The Balaban J connectivity index is 2.40. The molecule has 0 saturated carbocycles. The summed E-state index contributed by atoms with van der Waals surface area (Å²) in [5, 5.41) is 3.43. The number of morpholine rings is 1. The molecule has 0 spiro atoms. The van der Waals surface area contributed by atoms with Crippen LogP contribution in [0.5, 0.6) is 0 Å². The Morgan fingerprint density at radius 3 is 2.86 bits per heavy atom. The van der Waals surface area contributed by atoms with Crippen LogP contribution in [0.15, 0.2) is 0 Å². The van der Waals surface area contributed by atoms with E-state index in [1.807, 2.05) is 0 Å². The van der Waals surface area contributed by atoms with Gasteiger partial charge >= 0.3 is 0 Å². The van der Waals surface area contributed by atoms with Crippen LogP contribution in [0, 0.1) is 0 Å². The maximum atomic E-state index is 5.45. The smallest absolute Gasteiger partial charge is 0.0619 e. The number of nitrogens with one attached hydrogen (secondary N) is 1. The van der Waals surface area contributed by atoms with Crippen molar-refractivity contribution >= 4 is 0 Å². The third-order valence-electron chi connectivity index (χ3n) is 2.99. The lowest BCUT2D eigenvalue weighted by Crippen LogP contribution is -2.52. The normalized spacial score (nSPS) is 26.4. The predicted octanol–water partition coefficient (Wildman–Crippen LogP) is 1.10. The van der Waals surface area contributed by atoms with Crippen LogP contribution in [0.3, 0.4) is 0 Å². The predicted molar refractivity (Wildman–Crippen MR) is 59.6 cm³/mol. The molecule has 3 nitrogen and oxygen atoms in total. The van der Waals surface area contributed by atoms with Gasteiger partial charge in [0, 0.05) is 25.2 Å². The van der Waals surface area contributed by atoms with E-state index < -0.39 is 0 Å². The molecule has 1 aliphatic heterocycles. The lowest BCUT2D eigenvalue weighted by atomic mass is 10.1. The highest BCUT2D eigenvalue weighted by atomic mass is 16.5. The molecular formula is C11H24N2O. The van der Waals surface area contributed by atoms with Gasteiger partial charge in [-0.3, -0.25) is 4.90 Å². The minimum absolute atomic E-state index is 0.576. The zero-order valence-electron chi connectivity index (χ0n) is 9.75. The molecule has 0 radical (unpaired) electrons. The Hall–Kier alpha value is -0.120. The highest BCUT2D eigenvalue weighted by Crippen LogP contribution is 2.12. The van der Waals surface area contributed by atoms with Crippen molar-refractivity contribution in [1.29, 1.82) is 0 Å². The third kappa shape index (κ3) is 3.23. The number of ether oxygens (including phenoxy) is 1. The van der Waals surface area contributed by atoms with Gasteiger partial charge in [-0.1, -0.05) is 13.8 Å². The zero-order valence-corrected chi connectivity index (χ0v) is 9.75. The van der Waals surface area contributed by atoms with Crippen LogP contribution in [-0.4, -0.2) is 49.8 Å². The van der Waals surface area contributed by atoms with Crippen LogP contribution in [0.4, 0.5) is 0 Å². The molecule has 1 heterocycles. The van der Waals surface area contributed by atoms with Crippen molar-refractivity contribution in [3.8, 4) is 0 Å². The van der Waals surface area contributed by atoms with E-state index in [2.05, 4.69) is 31.0 Å². The molecule has 0 bridgehead atoms. The van der Waals surface area contributed by atoms with Crippen LogP contribution in [0.1, 0.15) is 27.2 Å². The molecule has 84 valence electrons. The van der Waals surface area contributed by atoms with Crippen molar-refractivity contribution < 1.29 is 4.74 Å². The van der Waals surface area contributed by atoms with E-state index >= 15 is 0 Å². The Labute approximate surface area is 87.8 Å². The molecule has 1 N–H and O–H groups in total. The van der Waals surface area contributed by atoms with Crippen LogP contribution < -0.4 is 5.32 Å². The Morgan fingerprint density at radius 2 is 2.29 bits per heavy atom. The quantitative estimate of drug-likeness (QED) is 0.719. The van der Waals surface area contributed by atoms with E-state index in [1.54, 1.807) is 0 Å². The van der Waals surface area contributed by atoms with Crippen LogP contribution in [-0.2, 0) is 4.74 Å². The van der Waals surface area contributed by atoms with Gasteiger partial charge in [0.1, 0.15) is 0 Å². The van der Waals surface area contributed by atoms with Gasteiger partial charge in [0.15, 0.2) is 0 Å². The molecule has 0 amide bonds. The number of hydrogen-bond donors (Lipinski definition) is 1. The molecule has 1 aliphatic rings. The van der Waals surface area contributed by atoms with Crippen molar-refractivity contribution in [3.63, 3.8) is 0 Å². The number of hydrogen-bond acceptors (Lipinski definition) is 3. The van der Waals surface area contributed by atoms with E-state index in [-0.39, 0.29) is 0 Å². The van der Waals surface area contributed by atoms with E-state index in [4.69, 9.17) is 4.74 Å². The van der Waals surface area contributed by atoms with Gasteiger partial charge < -0.3 is 10.1 Å². The first-order valence-electron chi connectivity index (χ1n) is 5.83. The van der Waals surface area contributed by atoms with Crippen LogP contribution >= 0.6 is 0 Å². The first-order chi connectivity index (χ1) is 6.79. The average molecular weight is 200 g/mol. The van der Waals surface area contributed by atoms with E-state index in [0.717, 1.165) is 32.8 Å². The molecular weight excluding hydrogens is 176 g/mol. The maximum absolute atomic E-state index is 5.45. The highest BCUT2D eigenvalue weighted by Gasteiger charge is 2.24. The van der Waals surface area contributed by atoms with E-state index in [0.29, 0.717) is 12.1 Å². The summed E-state index contributed by atoms with van der Waals surface area (Å²) in [7, 11) is 0. The van der Waals surface area contributed by atoms with Crippen molar-refractivity contribution in [2.24, 2.45) is 0 Å². The van der Waals surface area contributed by atoms with Crippen molar-refractivity contribution in [2.45, 2.75) is 39.3 Å². The number of nitrogens with zero attached hydrogens (tertiary/aromatic N) is 1. The molecule has 1 fully saturated rings. The average Bonchev–Trinajstić information content (AvgIpc) is 2.21. The summed E-state index contributed by atoms with van der Waals surface area (Å²) in [6.07, 6.45) is 1.22. The highest BCUT2D eigenvalue weighted by molar-refractivity contribution is 4.79. The summed E-state index contributed by atoms with van der Waals surface area (Å²) < 4.78 is 5.45. The van der Waals surface area contributed by atoms with Gasteiger partial charge in [0.25, 0.3) is 0 Å². The van der Waals surface area contributed by atoms with Gasteiger partial charge in [0.2, 0.25) is 0 Å². The van der Waals surface area contributed by atoms with Crippen molar-refractivity contribution in [1.82, 2.24) is 10.2 Å². The Bertz CT molecular complexity index is 152. The largest absolute Gasteiger partial charge is 0.379 e. The van der Waals surface area contributed by atoms with Crippen LogP contribution in [0.25, 0.3) is 0 Å². The SMILES string of the molecule is CCNCC(CC)N1CCOCC1C. The maximum Gasteiger partial charge on any atom is 0.0619 e. The molecule has 2 atom stereocenters. The summed E-state index contributed by atoms with van der Waals surface area (Å²) in [6, 6.07) is 1.25. The molecule has 3 heteroatoms. The van der Waals surface area contributed by atoms with Crippen LogP contribution in [0.2, 0.25) is 0 Å². The molecule has 0 aliphatic carbocycles. The third-order valence-corrected chi connectivity index (χ3v) is 2.99. The topological polar surface area (TPSA) is 24.5 Å². The number of rotatable bonds is 5. The summed E-state index contributed by atoms with van der Waals surface area (Å²) in [5.74, 6) is 0. The first-order valence-corrected chi connectivity index (χ1v) is 5.83. The Morgan fingerprint density at radius 1 is 1.50 bits per heavy atom. The second-order valence-corrected chi connectivity index (χ2v) is 4.03. The second kappa shape index (κ2) is 6.38. The fourth-order valence-electron chi connectivity index (χ4n) is 2.09. The number of likely N-dealkylation sites (N-methyl/N-ethyl adjacent to an activating group) is 1. The summed E-state index contributed by atoms with van der Waals surface area (Å²) >= 11 is 0. The van der Waals surface area contributed by atoms with Crippen molar-refractivity contribution in [3.05, 3.63) is 0 Å². The van der Waals surface area contributed by atoms with Gasteiger partial charge in [0.05, 0.1) is 13.2 Å². The van der Waals surface area contributed by atoms with Gasteiger partial charge in [-0.25, -0.2) is 0 Å². The minimum atomic E-state index is 0.576. The van der Waals surface area contributed by atoms with E-state index in [9.17, 15) is 0 Å². The molecule has 2 unspecified atom stereocenters. The lowest BCUT2D eigenvalue weighted by Gasteiger charge is -2.39. The Kier molecular flexibility index (Phi) is 5.45. The molecule has 1 rings (SSSR count). The minimum Gasteiger partial charge on any atom is -0.379 e. The lowest BCUT2D eigenvalue weighted by molar-refractivity contribution is -0.0223. The van der Waals surface area contributed by atoms with Gasteiger partial charge in [-0.05, 0) is 19.9 Å². The molecule has 0 aromatic rings. The van der Waals surface area contributed by atoms with Gasteiger partial charge in [-0.15, -0.1) is 0 Å². The fourth-order valence-corrected chi connectivity index (χ4v) is 2.09. The molecule has 14 heavy (non-hydrogen) atoms. The van der Waals surface area contributed by atoms with Gasteiger partial charge in [-0.2, -0.15) is 0 Å². The van der Waals surface area contributed by atoms with Crippen molar-refractivity contribution in [2.75, 3.05) is 32.8 Å². The zero-order chi connectivity index (χ0) is 10.4. The second-order valence-electron chi connectivity index (χ2n) is 4.03. The monoisotopic (exact) mass is 200 g/mol. The molecule has 1 saturated heterocycles. The standard InChI is InChI=1S/C11H24N2O/c1-4-11(8-12-5-2)13-6-7-14-9-10(13)3/h10-12H,4-9H2,1-3H3. The van der Waals surface area contributed by atoms with E-state index in [1.165, 1.54) is 6.42 Å². The molecule has 0 aromatic heterocycles. The fraction of sp³-hybridized carbons (Fsp3) is 1.00.